The summed E-state index contributed by atoms with van der Waals surface area (Å²) in [6.45, 7) is 11.5. The van der Waals surface area contributed by atoms with Crippen LogP contribution in [0.2, 0.25) is 0 Å². The SMILES string of the molecule is C/C=C\C.C=CC(=C)c1ccccc1.c1ccc(N(c2ccc(-c3ccc(N(c4ccc5c(c4)C(c4ccccc4)(c4ccccc4)c4ccccc4-5)c4cccc5ccccc45)cc3)cc2)c2cccc3ccccc23)cc1. The van der Waals surface area contributed by atoms with Gasteiger partial charge < -0.3 is 9.80 Å². The van der Waals surface area contributed by atoms with Crippen molar-refractivity contribution < 1.29 is 0 Å². The van der Waals surface area contributed by atoms with Crippen molar-refractivity contribution in [3.05, 3.63) is 356 Å². The molecule has 13 rings (SSSR count). The van der Waals surface area contributed by atoms with Crippen LogP contribution in [0.3, 0.4) is 0 Å². The highest BCUT2D eigenvalue weighted by Gasteiger charge is 2.46. The third-order valence-electron chi connectivity index (χ3n) is 15.0. The van der Waals surface area contributed by atoms with Crippen LogP contribution in [0.5, 0.6) is 0 Å². The molecule has 380 valence electrons. The molecule has 2 heteroatoms. The Morgan fingerprint density at radius 2 is 0.747 bits per heavy atom. The first-order valence-corrected chi connectivity index (χ1v) is 27.1. The lowest BCUT2D eigenvalue weighted by Gasteiger charge is -2.35. The quantitative estimate of drug-likeness (QED) is 0.0941. The van der Waals surface area contributed by atoms with Gasteiger partial charge in [-0.2, -0.15) is 0 Å². The van der Waals surface area contributed by atoms with Crippen LogP contribution in [0.4, 0.5) is 34.1 Å². The number of hydrogen-bond donors (Lipinski definition) is 0. The number of fused-ring (bicyclic) bond motifs is 5. The van der Waals surface area contributed by atoms with Gasteiger partial charge in [-0.25, -0.2) is 0 Å². The van der Waals surface area contributed by atoms with Gasteiger partial charge in [-0.15, -0.1) is 0 Å². The van der Waals surface area contributed by atoms with E-state index in [0.29, 0.717) is 0 Å². The molecule has 1 aliphatic rings. The number of benzene rings is 12. The van der Waals surface area contributed by atoms with E-state index in [9.17, 15) is 0 Å². The molecule has 12 aromatic carbocycles. The molecule has 0 aliphatic heterocycles. The van der Waals surface area contributed by atoms with Crippen LogP contribution in [0, 0.1) is 0 Å². The molecule has 0 heterocycles. The molecule has 0 atom stereocenters. The van der Waals surface area contributed by atoms with Crippen LogP contribution in [0.15, 0.2) is 329 Å². The Morgan fingerprint density at radius 3 is 1.25 bits per heavy atom. The lowest BCUT2D eigenvalue weighted by molar-refractivity contribution is 0.768. The highest BCUT2D eigenvalue weighted by Crippen LogP contribution is 2.57. The smallest absolute Gasteiger partial charge is 0.0714 e. The number of hydrogen-bond acceptors (Lipinski definition) is 2. The molecule has 0 radical (unpaired) electrons. The molecule has 79 heavy (non-hydrogen) atoms. The third kappa shape index (κ3) is 10.1. The van der Waals surface area contributed by atoms with Gasteiger partial charge >= 0.3 is 0 Å². The molecule has 12 aromatic rings. The van der Waals surface area contributed by atoms with Crippen molar-refractivity contribution >= 4 is 61.2 Å². The maximum absolute atomic E-state index is 3.83. The van der Waals surface area contributed by atoms with E-state index in [-0.39, 0.29) is 0 Å². The average molecular weight is 1020 g/mol. The third-order valence-corrected chi connectivity index (χ3v) is 15.0. The number of rotatable bonds is 11. The first-order valence-electron chi connectivity index (χ1n) is 27.1. The summed E-state index contributed by atoms with van der Waals surface area (Å²) in [6.07, 6.45) is 5.76. The highest BCUT2D eigenvalue weighted by atomic mass is 15.1. The van der Waals surface area contributed by atoms with Gasteiger partial charge in [-0.3, -0.25) is 0 Å². The predicted octanol–water partition coefficient (Wildman–Crippen LogP) is 21.4. The first kappa shape index (κ1) is 51.1. The van der Waals surface area contributed by atoms with Gasteiger partial charge in [-0.05, 0) is 141 Å². The zero-order valence-electron chi connectivity index (χ0n) is 44.8. The van der Waals surface area contributed by atoms with E-state index in [1.165, 1.54) is 54.9 Å². The molecule has 0 saturated heterocycles. The van der Waals surface area contributed by atoms with Crippen LogP contribution in [0.1, 0.15) is 41.7 Å². The maximum Gasteiger partial charge on any atom is 0.0714 e. The van der Waals surface area contributed by atoms with Gasteiger partial charge in [0.2, 0.25) is 0 Å². The summed E-state index contributed by atoms with van der Waals surface area (Å²) in [4.78, 5) is 4.80. The summed E-state index contributed by atoms with van der Waals surface area (Å²) in [5.74, 6) is 0. The van der Waals surface area contributed by atoms with Crippen molar-refractivity contribution in [1.82, 2.24) is 0 Å². The standard InChI is InChI=1S/C63H44N2.C10H10.C4H8/c1-4-22-49(23-5-1)63(50-24-6-2-7-25-50)59-31-15-14-30-57(59)58-43-42-54(44-60(58)63)65(62-33-17-21-48-19-11-13-29-56(48)62)53-40-36-46(37-41-53)45-34-38-52(39-35-45)64(51-26-8-3-9-27-51)61-32-16-20-47-18-10-12-28-55(47)61;1-3-9(2)10-7-5-4-6-8-10;1-3-4-2/h1-44H;3-8H,1-2H2;3-4H,1-2H3/b;;4-3-. The second-order valence-electron chi connectivity index (χ2n) is 19.6. The van der Waals surface area contributed by atoms with Crippen molar-refractivity contribution in [2.24, 2.45) is 0 Å². The molecular formula is C77H62N2. The summed E-state index contributed by atoms with van der Waals surface area (Å²) in [5, 5.41) is 4.84. The molecule has 0 saturated carbocycles. The zero-order valence-corrected chi connectivity index (χ0v) is 44.8. The van der Waals surface area contributed by atoms with Crippen LogP contribution in [-0.2, 0) is 5.41 Å². The number of anilines is 6. The summed E-state index contributed by atoms with van der Waals surface area (Å²) in [5.41, 5.74) is 18.3. The number of para-hydroxylation sites is 1. The van der Waals surface area contributed by atoms with Gasteiger partial charge in [0.25, 0.3) is 0 Å². The van der Waals surface area contributed by atoms with Crippen molar-refractivity contribution in [1.29, 1.82) is 0 Å². The molecule has 0 N–H and O–H groups in total. The monoisotopic (exact) mass is 1010 g/mol. The molecule has 1 aliphatic carbocycles. The van der Waals surface area contributed by atoms with Crippen molar-refractivity contribution in [3.8, 4) is 22.3 Å². The van der Waals surface area contributed by atoms with Gasteiger partial charge in [0.15, 0.2) is 0 Å². The molecule has 0 spiro atoms. The Labute approximate surface area is 466 Å². The zero-order chi connectivity index (χ0) is 54.0. The molecule has 2 nitrogen and oxygen atoms in total. The fourth-order valence-electron chi connectivity index (χ4n) is 11.2. The average Bonchev–Trinajstić information content (AvgIpc) is 4.10. The molecular weight excluding hydrogens is 953 g/mol. The van der Waals surface area contributed by atoms with Gasteiger partial charge in [0.1, 0.15) is 0 Å². The number of nitrogens with zero attached hydrogens (tertiary/aromatic N) is 2. The van der Waals surface area contributed by atoms with E-state index in [2.05, 4.69) is 290 Å². The van der Waals surface area contributed by atoms with E-state index in [1.54, 1.807) is 6.08 Å². The Bertz CT molecular complexity index is 3990. The first-order chi connectivity index (χ1) is 39.0. The molecule has 0 unspecified atom stereocenters. The molecule has 0 bridgehead atoms. The van der Waals surface area contributed by atoms with Crippen molar-refractivity contribution in [3.63, 3.8) is 0 Å². The lowest BCUT2D eigenvalue weighted by atomic mass is 9.67. The van der Waals surface area contributed by atoms with E-state index in [4.69, 9.17) is 0 Å². The van der Waals surface area contributed by atoms with E-state index < -0.39 is 5.41 Å². The Hall–Kier alpha value is -10.0. The van der Waals surface area contributed by atoms with Crippen LogP contribution >= 0.6 is 0 Å². The van der Waals surface area contributed by atoms with E-state index >= 15 is 0 Å². The second kappa shape index (κ2) is 23.5. The fourth-order valence-corrected chi connectivity index (χ4v) is 11.2. The Kier molecular flexibility index (Phi) is 15.2. The van der Waals surface area contributed by atoms with Gasteiger partial charge in [0.05, 0.1) is 16.8 Å². The molecule has 0 amide bonds. The van der Waals surface area contributed by atoms with Gasteiger partial charge in [0, 0.05) is 33.5 Å². The minimum atomic E-state index is -0.505. The largest absolute Gasteiger partial charge is 0.310 e. The Morgan fingerprint density at radius 1 is 0.354 bits per heavy atom. The van der Waals surface area contributed by atoms with Crippen LogP contribution < -0.4 is 9.80 Å². The van der Waals surface area contributed by atoms with Crippen LogP contribution in [0.25, 0.3) is 49.4 Å². The summed E-state index contributed by atoms with van der Waals surface area (Å²) < 4.78 is 0. The maximum atomic E-state index is 3.83. The Balaban J connectivity index is 0.000000416. The van der Waals surface area contributed by atoms with E-state index in [1.807, 2.05) is 56.3 Å². The summed E-state index contributed by atoms with van der Waals surface area (Å²) >= 11 is 0. The van der Waals surface area contributed by atoms with Crippen molar-refractivity contribution in [2.75, 3.05) is 9.80 Å². The molecule has 0 fully saturated rings. The van der Waals surface area contributed by atoms with E-state index in [0.717, 1.165) is 56.4 Å². The second-order valence-corrected chi connectivity index (χ2v) is 19.6. The highest BCUT2D eigenvalue weighted by molar-refractivity contribution is 6.01. The normalized spacial score (nSPS) is 11.8. The fraction of sp³-hybridized carbons (Fsp3) is 0.0390. The summed E-state index contributed by atoms with van der Waals surface area (Å²) in [6, 6.07) is 107. The lowest BCUT2D eigenvalue weighted by Crippen LogP contribution is -2.28. The van der Waals surface area contributed by atoms with Crippen LogP contribution in [-0.4, -0.2) is 0 Å². The minimum Gasteiger partial charge on any atom is -0.310 e. The molecule has 0 aromatic heterocycles. The topological polar surface area (TPSA) is 6.48 Å². The van der Waals surface area contributed by atoms with Gasteiger partial charge in [-0.1, -0.05) is 268 Å². The van der Waals surface area contributed by atoms with Crippen molar-refractivity contribution in [2.45, 2.75) is 19.3 Å². The number of allylic oxidation sites excluding steroid dienone is 4. The predicted molar refractivity (Wildman–Crippen MR) is 340 cm³/mol. The minimum absolute atomic E-state index is 0.505. The summed E-state index contributed by atoms with van der Waals surface area (Å²) in [7, 11) is 0.